The van der Waals surface area contributed by atoms with Gasteiger partial charge in [-0.2, -0.15) is 8.42 Å². The fraction of sp³-hybridized carbons (Fsp3) is 0.375. The number of fused-ring (bicyclic) bond motifs is 1. The standard InChI is InChI=1S/C16H16ClN3O3S/c17-11-4-1-3-10(7-11)12-8-13(12)16(21)19-24(22,23)15-9-18-14-5-2-6-20(14)15/h1,3-4,7,9,12-13H,2,5-6,8H2,(H,19,21)/t12-,13+/m1/s1. The Bertz CT molecular complexity index is 922. The number of carbonyl (C=O) groups excluding carboxylic acids is 1. The van der Waals surface area contributed by atoms with Crippen molar-refractivity contribution in [2.45, 2.75) is 36.8 Å². The number of carbonyl (C=O) groups is 1. The summed E-state index contributed by atoms with van der Waals surface area (Å²) in [6.07, 6.45) is 3.60. The second-order valence-electron chi connectivity index (χ2n) is 6.24. The third kappa shape index (κ3) is 2.71. The predicted molar refractivity (Wildman–Crippen MR) is 88.2 cm³/mol. The molecular formula is C16H16ClN3O3S. The van der Waals surface area contributed by atoms with Gasteiger partial charge in [-0.1, -0.05) is 23.7 Å². The summed E-state index contributed by atoms with van der Waals surface area (Å²) in [5, 5.41) is 0.685. The number of aryl methyl sites for hydroxylation is 1. The van der Waals surface area contributed by atoms with Gasteiger partial charge < -0.3 is 4.57 Å². The molecule has 0 bridgehead atoms. The molecule has 1 aromatic heterocycles. The summed E-state index contributed by atoms with van der Waals surface area (Å²) in [7, 11) is -3.89. The predicted octanol–water partition coefficient (Wildman–Crippen LogP) is 2.09. The Labute approximate surface area is 144 Å². The van der Waals surface area contributed by atoms with Crippen LogP contribution in [0.5, 0.6) is 0 Å². The fourth-order valence-corrected chi connectivity index (χ4v) is 4.69. The van der Waals surface area contributed by atoms with Gasteiger partial charge >= 0.3 is 0 Å². The molecule has 8 heteroatoms. The van der Waals surface area contributed by atoms with Crippen LogP contribution in [-0.4, -0.2) is 23.9 Å². The van der Waals surface area contributed by atoms with Crippen LogP contribution in [0.1, 0.15) is 30.1 Å². The van der Waals surface area contributed by atoms with E-state index < -0.39 is 15.9 Å². The fourth-order valence-electron chi connectivity index (χ4n) is 3.30. The number of halogens is 1. The molecule has 0 spiro atoms. The van der Waals surface area contributed by atoms with E-state index in [4.69, 9.17) is 11.6 Å². The minimum Gasteiger partial charge on any atom is -0.318 e. The molecule has 0 radical (unpaired) electrons. The lowest BCUT2D eigenvalue weighted by Gasteiger charge is -2.08. The number of nitrogens with one attached hydrogen (secondary N) is 1. The maximum Gasteiger partial charge on any atom is 0.281 e. The van der Waals surface area contributed by atoms with Crippen molar-refractivity contribution in [3.8, 4) is 0 Å². The van der Waals surface area contributed by atoms with Crippen molar-refractivity contribution in [1.82, 2.24) is 14.3 Å². The highest BCUT2D eigenvalue weighted by atomic mass is 35.5. The van der Waals surface area contributed by atoms with Crippen molar-refractivity contribution < 1.29 is 13.2 Å². The number of amides is 1. The first-order chi connectivity index (χ1) is 11.5. The van der Waals surface area contributed by atoms with E-state index in [0.29, 0.717) is 18.0 Å². The number of imidazole rings is 1. The molecule has 2 aromatic rings. The van der Waals surface area contributed by atoms with Gasteiger partial charge in [0, 0.05) is 23.9 Å². The van der Waals surface area contributed by atoms with E-state index in [-0.39, 0.29) is 16.9 Å². The Morgan fingerprint density at radius 1 is 1.38 bits per heavy atom. The highest BCUT2D eigenvalue weighted by molar-refractivity contribution is 7.90. The van der Waals surface area contributed by atoms with Crippen LogP contribution in [-0.2, 0) is 27.8 Å². The first-order valence-electron chi connectivity index (χ1n) is 7.82. The number of sulfonamides is 1. The Morgan fingerprint density at radius 2 is 2.21 bits per heavy atom. The van der Waals surface area contributed by atoms with Crippen molar-refractivity contribution in [2.75, 3.05) is 0 Å². The van der Waals surface area contributed by atoms with Crippen molar-refractivity contribution in [1.29, 1.82) is 0 Å². The van der Waals surface area contributed by atoms with Crippen LogP contribution >= 0.6 is 11.6 Å². The van der Waals surface area contributed by atoms with Crippen molar-refractivity contribution in [2.24, 2.45) is 5.92 Å². The van der Waals surface area contributed by atoms with E-state index in [1.54, 1.807) is 10.6 Å². The zero-order chi connectivity index (χ0) is 16.9. The van der Waals surface area contributed by atoms with Crippen molar-refractivity contribution in [3.63, 3.8) is 0 Å². The van der Waals surface area contributed by atoms with Crippen LogP contribution in [0.25, 0.3) is 0 Å². The number of hydrogen-bond acceptors (Lipinski definition) is 4. The molecule has 6 nitrogen and oxygen atoms in total. The molecule has 1 amide bonds. The van der Waals surface area contributed by atoms with Crippen LogP contribution in [0.15, 0.2) is 35.5 Å². The van der Waals surface area contributed by atoms with Gasteiger partial charge in [0.25, 0.3) is 10.0 Å². The lowest BCUT2D eigenvalue weighted by Crippen LogP contribution is -2.33. The van der Waals surface area contributed by atoms with E-state index in [9.17, 15) is 13.2 Å². The van der Waals surface area contributed by atoms with E-state index >= 15 is 0 Å². The second-order valence-corrected chi connectivity index (χ2v) is 8.31. The van der Waals surface area contributed by atoms with Crippen LogP contribution < -0.4 is 4.72 Å². The third-order valence-electron chi connectivity index (χ3n) is 4.60. The molecule has 1 N–H and O–H groups in total. The van der Waals surface area contributed by atoms with Gasteiger partial charge in [0.1, 0.15) is 5.82 Å². The smallest absolute Gasteiger partial charge is 0.281 e. The molecule has 2 aliphatic rings. The van der Waals surface area contributed by atoms with Crippen LogP contribution in [0.4, 0.5) is 0 Å². The molecule has 1 aliphatic carbocycles. The summed E-state index contributed by atoms with van der Waals surface area (Å²) in [4.78, 5) is 16.5. The van der Waals surface area contributed by atoms with Crippen LogP contribution in [0.3, 0.4) is 0 Å². The molecule has 24 heavy (non-hydrogen) atoms. The number of hydrogen-bond donors (Lipinski definition) is 1. The van der Waals surface area contributed by atoms with E-state index in [0.717, 1.165) is 24.2 Å². The largest absolute Gasteiger partial charge is 0.318 e. The Hall–Kier alpha value is -1.86. The summed E-state index contributed by atoms with van der Waals surface area (Å²) < 4.78 is 28.8. The molecule has 126 valence electrons. The zero-order valence-electron chi connectivity index (χ0n) is 12.8. The number of benzene rings is 1. The molecular weight excluding hydrogens is 350 g/mol. The second kappa shape index (κ2) is 5.60. The monoisotopic (exact) mass is 365 g/mol. The minimum absolute atomic E-state index is 0.0232. The number of rotatable bonds is 4. The topological polar surface area (TPSA) is 81.1 Å². The first-order valence-corrected chi connectivity index (χ1v) is 9.68. The molecule has 4 rings (SSSR count). The SMILES string of the molecule is O=C(NS(=O)(=O)c1cnc2n1CCC2)[C@H]1C[C@@H]1c1cccc(Cl)c1. The van der Waals surface area contributed by atoms with E-state index in [1.807, 2.05) is 18.2 Å². The van der Waals surface area contributed by atoms with E-state index in [1.165, 1.54) is 6.20 Å². The van der Waals surface area contributed by atoms with Crippen molar-refractivity contribution in [3.05, 3.63) is 46.9 Å². The maximum absolute atomic E-state index is 12.5. The average molecular weight is 366 g/mol. The highest BCUT2D eigenvalue weighted by Crippen LogP contribution is 2.48. The summed E-state index contributed by atoms with van der Waals surface area (Å²) in [5.74, 6) is -0.0196. The average Bonchev–Trinajstić information content (AvgIpc) is 3.01. The molecule has 1 fully saturated rings. The van der Waals surface area contributed by atoms with Gasteiger partial charge in [0.15, 0.2) is 5.03 Å². The Balaban J connectivity index is 1.48. The minimum atomic E-state index is -3.89. The lowest BCUT2D eigenvalue weighted by molar-refractivity contribution is -0.120. The summed E-state index contributed by atoms with van der Waals surface area (Å²) in [5.41, 5.74) is 0.963. The molecule has 0 saturated heterocycles. The van der Waals surface area contributed by atoms with Gasteiger partial charge in [-0.15, -0.1) is 0 Å². The zero-order valence-corrected chi connectivity index (χ0v) is 14.3. The van der Waals surface area contributed by atoms with Gasteiger partial charge in [-0.05, 0) is 36.5 Å². The summed E-state index contributed by atoms with van der Waals surface area (Å²) in [6.45, 7) is 0.619. The van der Waals surface area contributed by atoms with E-state index in [2.05, 4.69) is 9.71 Å². The normalized spacial score (nSPS) is 22.2. The molecule has 1 aromatic carbocycles. The quantitative estimate of drug-likeness (QED) is 0.899. The van der Waals surface area contributed by atoms with Gasteiger partial charge in [-0.3, -0.25) is 4.79 Å². The molecule has 2 atom stereocenters. The lowest BCUT2D eigenvalue weighted by atomic mass is 10.1. The number of aromatic nitrogens is 2. The van der Waals surface area contributed by atoms with Crippen LogP contribution in [0.2, 0.25) is 5.02 Å². The maximum atomic E-state index is 12.5. The summed E-state index contributed by atoms with van der Waals surface area (Å²) >= 11 is 5.97. The third-order valence-corrected chi connectivity index (χ3v) is 6.18. The van der Waals surface area contributed by atoms with Gasteiger partial charge in [-0.25, -0.2) is 9.71 Å². The molecule has 0 unspecified atom stereocenters. The number of nitrogens with zero attached hydrogens (tertiary/aromatic N) is 2. The summed E-state index contributed by atoms with van der Waals surface area (Å²) in [6, 6.07) is 7.32. The van der Waals surface area contributed by atoms with Crippen molar-refractivity contribution >= 4 is 27.5 Å². The van der Waals surface area contributed by atoms with Gasteiger partial charge in [0.2, 0.25) is 5.91 Å². The molecule has 2 heterocycles. The van der Waals surface area contributed by atoms with Crippen LogP contribution in [0, 0.1) is 5.92 Å². The van der Waals surface area contributed by atoms with Gasteiger partial charge in [0.05, 0.1) is 6.20 Å². The first kappa shape index (κ1) is 15.7. The Morgan fingerprint density at radius 3 is 3.00 bits per heavy atom. The molecule has 1 aliphatic heterocycles. The highest BCUT2D eigenvalue weighted by Gasteiger charge is 2.45. The molecule has 1 saturated carbocycles. The Kier molecular flexibility index (Phi) is 3.65.